The van der Waals surface area contributed by atoms with Gasteiger partial charge in [0.25, 0.3) is 0 Å². The summed E-state index contributed by atoms with van der Waals surface area (Å²) in [5.41, 5.74) is 2.24. The molecule has 1 aromatic carbocycles. The molecule has 1 spiro atoms. The molecule has 1 aromatic heterocycles. The van der Waals surface area contributed by atoms with Gasteiger partial charge in [-0.3, -0.25) is 4.57 Å². The van der Waals surface area contributed by atoms with Crippen LogP contribution in [-0.4, -0.2) is 46.0 Å². The molecule has 1 aliphatic carbocycles. The molecule has 30 heavy (non-hydrogen) atoms. The third-order valence-corrected chi connectivity index (χ3v) is 7.33. The Labute approximate surface area is 182 Å². The maximum absolute atomic E-state index is 6.36. The molecule has 1 saturated heterocycles. The second-order valence-electron chi connectivity index (χ2n) is 8.79. The number of halogens is 1. The van der Waals surface area contributed by atoms with Crippen molar-refractivity contribution < 1.29 is 14.2 Å². The first-order valence-electron chi connectivity index (χ1n) is 11.2. The van der Waals surface area contributed by atoms with Gasteiger partial charge in [-0.05, 0) is 62.8 Å². The van der Waals surface area contributed by atoms with Gasteiger partial charge in [0.15, 0.2) is 5.79 Å². The smallest absolute Gasteiger partial charge is 0.179 e. The Morgan fingerprint density at radius 2 is 1.90 bits per heavy atom. The van der Waals surface area contributed by atoms with Gasteiger partial charge in [0.05, 0.1) is 30.9 Å². The molecule has 0 atom stereocenters. The van der Waals surface area contributed by atoms with Gasteiger partial charge in [0.2, 0.25) is 0 Å². The van der Waals surface area contributed by atoms with E-state index >= 15 is 0 Å². The van der Waals surface area contributed by atoms with Crippen molar-refractivity contribution in [3.8, 4) is 5.69 Å². The van der Waals surface area contributed by atoms with Gasteiger partial charge in [-0.15, -0.1) is 10.2 Å². The van der Waals surface area contributed by atoms with Gasteiger partial charge >= 0.3 is 0 Å². The van der Waals surface area contributed by atoms with E-state index in [2.05, 4.69) is 34.7 Å². The van der Waals surface area contributed by atoms with E-state index in [-0.39, 0.29) is 5.60 Å². The topological polar surface area (TPSA) is 58.4 Å². The minimum Gasteiger partial charge on any atom is -0.375 e. The molecule has 7 heteroatoms. The standard InChI is InChI=1S/C23H30ClN3O3/c1-3-22(28-4-2)9-7-16(8-10-22)21-26-25-20-15-23(29-11-12-30-23)14-17-13-18(24)5-6-19(17)27(20)21/h5-6,13,16H,3-4,7-12,14-15H2,1-2H3. The molecule has 2 aromatic rings. The maximum Gasteiger partial charge on any atom is 0.179 e. The van der Waals surface area contributed by atoms with E-state index in [1.807, 2.05) is 12.1 Å². The predicted molar refractivity (Wildman–Crippen MR) is 114 cm³/mol. The molecule has 2 aliphatic heterocycles. The molecule has 162 valence electrons. The van der Waals surface area contributed by atoms with Gasteiger partial charge in [-0.2, -0.15) is 0 Å². The lowest BCUT2D eigenvalue weighted by molar-refractivity contribution is -0.155. The summed E-state index contributed by atoms with van der Waals surface area (Å²) < 4.78 is 20.6. The van der Waals surface area contributed by atoms with E-state index in [4.69, 9.17) is 25.8 Å². The number of benzene rings is 1. The first-order valence-corrected chi connectivity index (χ1v) is 11.6. The van der Waals surface area contributed by atoms with E-state index in [9.17, 15) is 0 Å². The molecule has 6 nitrogen and oxygen atoms in total. The molecule has 0 unspecified atom stereocenters. The van der Waals surface area contributed by atoms with Crippen LogP contribution >= 0.6 is 11.6 Å². The highest BCUT2D eigenvalue weighted by molar-refractivity contribution is 6.30. The third-order valence-electron chi connectivity index (χ3n) is 7.10. The normalized spacial score (nSPS) is 27.6. The first-order chi connectivity index (χ1) is 14.6. The summed E-state index contributed by atoms with van der Waals surface area (Å²) in [6, 6.07) is 6.06. The molecule has 0 N–H and O–H groups in total. The number of nitrogens with zero attached hydrogens (tertiary/aromatic N) is 3. The monoisotopic (exact) mass is 431 g/mol. The van der Waals surface area contributed by atoms with Crippen molar-refractivity contribution in [2.45, 2.75) is 76.1 Å². The Bertz CT molecular complexity index is 914. The Kier molecular flexibility index (Phi) is 5.38. The van der Waals surface area contributed by atoms with E-state index in [1.54, 1.807) is 0 Å². The van der Waals surface area contributed by atoms with Crippen LogP contribution in [0.1, 0.15) is 69.1 Å². The second-order valence-corrected chi connectivity index (χ2v) is 9.22. The first kappa shape index (κ1) is 20.4. The fourth-order valence-corrected chi connectivity index (χ4v) is 5.68. The Morgan fingerprint density at radius 1 is 1.13 bits per heavy atom. The highest BCUT2D eigenvalue weighted by Crippen LogP contribution is 2.43. The summed E-state index contributed by atoms with van der Waals surface area (Å²) >= 11 is 6.36. The van der Waals surface area contributed by atoms with Gasteiger partial charge in [0, 0.05) is 24.0 Å². The predicted octanol–water partition coefficient (Wildman–Crippen LogP) is 4.61. The van der Waals surface area contributed by atoms with Crippen LogP contribution in [0.2, 0.25) is 5.02 Å². The van der Waals surface area contributed by atoms with Gasteiger partial charge in [-0.1, -0.05) is 18.5 Å². The summed E-state index contributed by atoms with van der Waals surface area (Å²) in [4.78, 5) is 0. The summed E-state index contributed by atoms with van der Waals surface area (Å²) in [6.45, 7) is 6.31. The third kappa shape index (κ3) is 3.48. The summed E-state index contributed by atoms with van der Waals surface area (Å²) in [7, 11) is 0. The lowest BCUT2D eigenvalue weighted by atomic mass is 9.77. The molecule has 2 fully saturated rings. The summed E-state index contributed by atoms with van der Waals surface area (Å²) in [5, 5.41) is 10.0. The van der Waals surface area contributed by atoms with E-state index in [0.29, 0.717) is 32.0 Å². The second kappa shape index (κ2) is 7.90. The van der Waals surface area contributed by atoms with Crippen molar-refractivity contribution in [3.63, 3.8) is 0 Å². The van der Waals surface area contributed by atoms with Crippen LogP contribution in [0, 0.1) is 0 Å². The maximum atomic E-state index is 6.36. The number of fused-ring (bicyclic) bond motifs is 3. The molecule has 1 saturated carbocycles. The fourth-order valence-electron chi connectivity index (χ4n) is 5.49. The number of hydrogen-bond donors (Lipinski definition) is 0. The number of hydrogen-bond acceptors (Lipinski definition) is 5. The summed E-state index contributed by atoms with van der Waals surface area (Å²) in [5.74, 6) is 1.65. The van der Waals surface area contributed by atoms with E-state index in [0.717, 1.165) is 66.6 Å². The van der Waals surface area contributed by atoms with Crippen molar-refractivity contribution in [2.75, 3.05) is 19.8 Å². The molecule has 0 amide bonds. The lowest BCUT2D eigenvalue weighted by Gasteiger charge is -2.39. The Morgan fingerprint density at radius 3 is 2.60 bits per heavy atom. The fraction of sp³-hybridized carbons (Fsp3) is 0.652. The lowest BCUT2D eigenvalue weighted by Crippen LogP contribution is -2.36. The molecular formula is C23H30ClN3O3. The molecule has 3 aliphatic rings. The van der Waals surface area contributed by atoms with Crippen molar-refractivity contribution in [3.05, 3.63) is 40.4 Å². The van der Waals surface area contributed by atoms with Crippen molar-refractivity contribution in [1.29, 1.82) is 0 Å². The SMILES string of the molecule is CCOC1(CC)CCC(c2nnc3n2-c2ccc(Cl)cc2CC2(C3)OCCO2)CC1. The van der Waals surface area contributed by atoms with Gasteiger partial charge < -0.3 is 14.2 Å². The Hall–Kier alpha value is -1.47. The summed E-state index contributed by atoms with van der Waals surface area (Å²) in [6.07, 6.45) is 6.57. The minimum atomic E-state index is -0.670. The van der Waals surface area contributed by atoms with Crippen LogP contribution in [0.3, 0.4) is 0 Å². The molecule has 0 radical (unpaired) electrons. The van der Waals surface area contributed by atoms with Crippen molar-refractivity contribution in [1.82, 2.24) is 14.8 Å². The van der Waals surface area contributed by atoms with Crippen LogP contribution < -0.4 is 0 Å². The number of aromatic nitrogens is 3. The zero-order valence-electron chi connectivity index (χ0n) is 17.8. The van der Waals surface area contributed by atoms with E-state index < -0.39 is 5.79 Å². The molecule has 3 heterocycles. The highest BCUT2D eigenvalue weighted by Gasteiger charge is 2.43. The van der Waals surface area contributed by atoms with Gasteiger partial charge in [-0.25, -0.2) is 0 Å². The van der Waals surface area contributed by atoms with Crippen molar-refractivity contribution >= 4 is 11.6 Å². The minimum absolute atomic E-state index is 0.0217. The zero-order valence-corrected chi connectivity index (χ0v) is 18.6. The average Bonchev–Trinajstić information content (AvgIpc) is 3.33. The van der Waals surface area contributed by atoms with Crippen LogP contribution in [0.15, 0.2) is 18.2 Å². The van der Waals surface area contributed by atoms with Crippen molar-refractivity contribution in [2.24, 2.45) is 0 Å². The van der Waals surface area contributed by atoms with Crippen LogP contribution in [0.25, 0.3) is 5.69 Å². The zero-order chi connectivity index (χ0) is 20.8. The van der Waals surface area contributed by atoms with E-state index in [1.165, 1.54) is 0 Å². The highest BCUT2D eigenvalue weighted by atomic mass is 35.5. The van der Waals surface area contributed by atoms with Crippen LogP contribution in [0.5, 0.6) is 0 Å². The quantitative estimate of drug-likeness (QED) is 0.707. The van der Waals surface area contributed by atoms with Crippen LogP contribution in [-0.2, 0) is 27.1 Å². The molecular weight excluding hydrogens is 402 g/mol. The number of ether oxygens (including phenoxy) is 3. The molecule has 0 bridgehead atoms. The van der Waals surface area contributed by atoms with Gasteiger partial charge in [0.1, 0.15) is 11.6 Å². The largest absolute Gasteiger partial charge is 0.375 e. The average molecular weight is 432 g/mol. The van der Waals surface area contributed by atoms with Crippen LogP contribution in [0.4, 0.5) is 0 Å². The molecule has 5 rings (SSSR count). The Balaban J connectivity index is 1.51. The number of rotatable bonds is 4.